The second-order valence-corrected chi connectivity index (χ2v) is 8.37. The highest BCUT2D eigenvalue weighted by Gasteiger charge is 2.23. The number of hydrogen-bond acceptors (Lipinski definition) is 3. The molecule has 1 fully saturated rings. The van der Waals surface area contributed by atoms with Crippen molar-refractivity contribution in [2.45, 2.75) is 52.4 Å². The molecule has 3 N–H and O–H groups in total. The number of urea groups is 1. The summed E-state index contributed by atoms with van der Waals surface area (Å²) in [6, 6.07) is 9.27. The second-order valence-electron chi connectivity index (χ2n) is 8.37. The Balaban J connectivity index is 1.54. The molecule has 2 amide bonds. The van der Waals surface area contributed by atoms with Gasteiger partial charge in [-0.15, -0.1) is 0 Å². The van der Waals surface area contributed by atoms with Crippen molar-refractivity contribution in [2.75, 3.05) is 25.0 Å². The fraction of sp³-hybridized carbons (Fsp3) is 0.542. The highest BCUT2D eigenvalue weighted by atomic mass is 16.2. The first-order valence-electron chi connectivity index (χ1n) is 11.3. The highest BCUT2D eigenvalue weighted by Crippen LogP contribution is 2.21. The predicted molar refractivity (Wildman–Crippen MR) is 125 cm³/mol. The Morgan fingerprint density at radius 3 is 2.97 bits per heavy atom. The van der Waals surface area contributed by atoms with Crippen LogP contribution in [0.5, 0.6) is 0 Å². The molecule has 1 saturated heterocycles. The van der Waals surface area contributed by atoms with Gasteiger partial charge in [-0.1, -0.05) is 51.3 Å². The van der Waals surface area contributed by atoms with Crippen LogP contribution in [0.2, 0.25) is 0 Å². The number of amides is 2. The number of nitrogens with one attached hydrogen (secondary N) is 1. The molecule has 0 aliphatic carbocycles. The van der Waals surface area contributed by atoms with Crippen molar-refractivity contribution >= 4 is 28.5 Å². The van der Waals surface area contributed by atoms with Crippen LogP contribution >= 0.6 is 0 Å². The minimum atomic E-state index is -0.435. The number of benzene rings is 1. The lowest BCUT2D eigenvalue weighted by Crippen LogP contribution is -2.42. The molecule has 162 valence electrons. The molecule has 2 atom stereocenters. The molecule has 1 aromatic heterocycles. The number of likely N-dealkylation sites (tertiary alicyclic amines) is 1. The summed E-state index contributed by atoms with van der Waals surface area (Å²) >= 11 is 0. The maximum atomic E-state index is 12.4. The number of aromatic nitrogens is 1. The summed E-state index contributed by atoms with van der Waals surface area (Å²) in [6.45, 7) is 7.66. The maximum absolute atomic E-state index is 12.4. The number of fused-ring (bicyclic) bond motifs is 1. The molecule has 0 spiro atoms. The number of rotatable bonds is 8. The lowest BCUT2D eigenvalue weighted by molar-refractivity contribution is 0.188. The SMILES string of the molecule is CCCC(CC)CCN1CCC[C@H](/C(N)=N/C(=O)Nc2cnc3ccccc3c2)C1. The van der Waals surface area contributed by atoms with Crippen molar-refractivity contribution in [1.82, 2.24) is 9.88 Å². The van der Waals surface area contributed by atoms with Crippen LogP contribution in [-0.4, -0.2) is 41.4 Å². The maximum Gasteiger partial charge on any atom is 0.347 e. The number of anilines is 1. The van der Waals surface area contributed by atoms with Crippen molar-refractivity contribution in [2.24, 2.45) is 22.6 Å². The third-order valence-electron chi connectivity index (χ3n) is 6.12. The Bertz CT molecular complexity index is 866. The molecule has 0 radical (unpaired) electrons. The average Bonchev–Trinajstić information content (AvgIpc) is 2.76. The van der Waals surface area contributed by atoms with Gasteiger partial charge in [0.1, 0.15) is 5.84 Å². The average molecular weight is 410 g/mol. The van der Waals surface area contributed by atoms with Crippen molar-refractivity contribution in [3.8, 4) is 0 Å². The van der Waals surface area contributed by atoms with E-state index in [9.17, 15) is 4.79 Å². The molecule has 1 aliphatic heterocycles. The van der Waals surface area contributed by atoms with Crippen molar-refractivity contribution < 1.29 is 4.79 Å². The van der Waals surface area contributed by atoms with E-state index >= 15 is 0 Å². The molecular formula is C24H35N5O. The minimum Gasteiger partial charge on any atom is -0.387 e. The normalized spacial score (nSPS) is 19.0. The third kappa shape index (κ3) is 6.26. The van der Waals surface area contributed by atoms with Gasteiger partial charge in [-0.05, 0) is 50.4 Å². The van der Waals surface area contributed by atoms with E-state index in [1.54, 1.807) is 6.20 Å². The Labute approximate surface area is 180 Å². The number of hydrogen-bond donors (Lipinski definition) is 2. The van der Waals surface area contributed by atoms with Crippen molar-refractivity contribution in [3.05, 3.63) is 36.5 Å². The van der Waals surface area contributed by atoms with Gasteiger partial charge in [0.2, 0.25) is 0 Å². The van der Waals surface area contributed by atoms with Gasteiger partial charge in [-0.25, -0.2) is 4.79 Å². The molecule has 0 bridgehead atoms. The molecule has 1 unspecified atom stereocenters. The number of piperidine rings is 1. The zero-order chi connectivity index (χ0) is 21.3. The zero-order valence-electron chi connectivity index (χ0n) is 18.3. The monoisotopic (exact) mass is 409 g/mol. The van der Waals surface area contributed by atoms with Gasteiger partial charge in [0, 0.05) is 17.8 Å². The smallest absolute Gasteiger partial charge is 0.347 e. The summed E-state index contributed by atoms with van der Waals surface area (Å²) in [5, 5.41) is 3.77. The van der Waals surface area contributed by atoms with Crippen LogP contribution in [0.25, 0.3) is 10.9 Å². The Morgan fingerprint density at radius 1 is 1.33 bits per heavy atom. The van der Waals surface area contributed by atoms with Crippen LogP contribution in [0.3, 0.4) is 0 Å². The summed E-state index contributed by atoms with van der Waals surface area (Å²) in [4.78, 5) is 23.4. The number of carbonyl (C=O) groups excluding carboxylic acids is 1. The molecular weight excluding hydrogens is 374 g/mol. The van der Waals surface area contributed by atoms with Gasteiger partial charge in [-0.3, -0.25) is 4.98 Å². The van der Waals surface area contributed by atoms with Gasteiger partial charge in [-0.2, -0.15) is 4.99 Å². The van der Waals surface area contributed by atoms with Crippen LogP contribution in [0.15, 0.2) is 41.5 Å². The summed E-state index contributed by atoms with van der Waals surface area (Å²) < 4.78 is 0. The molecule has 2 aromatic rings. The summed E-state index contributed by atoms with van der Waals surface area (Å²) in [6.07, 6.45) is 8.78. The molecule has 2 heterocycles. The van der Waals surface area contributed by atoms with Crippen LogP contribution < -0.4 is 11.1 Å². The molecule has 1 aromatic carbocycles. The van der Waals surface area contributed by atoms with Gasteiger partial charge in [0.15, 0.2) is 0 Å². The van der Waals surface area contributed by atoms with Gasteiger partial charge in [0.25, 0.3) is 0 Å². The number of nitrogens with two attached hydrogens (primary N) is 1. The molecule has 1 aliphatic rings. The van der Waals surface area contributed by atoms with E-state index < -0.39 is 6.03 Å². The van der Waals surface area contributed by atoms with E-state index in [1.807, 2.05) is 30.3 Å². The van der Waals surface area contributed by atoms with Crippen LogP contribution in [0.4, 0.5) is 10.5 Å². The number of aliphatic imine (C=N–C) groups is 1. The fourth-order valence-electron chi connectivity index (χ4n) is 4.33. The summed E-state index contributed by atoms with van der Waals surface area (Å²) in [7, 11) is 0. The van der Waals surface area contributed by atoms with E-state index in [0.717, 1.165) is 49.3 Å². The summed E-state index contributed by atoms with van der Waals surface area (Å²) in [5.74, 6) is 1.39. The van der Waals surface area contributed by atoms with Crippen molar-refractivity contribution in [3.63, 3.8) is 0 Å². The highest BCUT2D eigenvalue weighted by molar-refractivity contribution is 6.00. The molecule has 6 nitrogen and oxygen atoms in total. The lowest BCUT2D eigenvalue weighted by atomic mass is 9.94. The van der Waals surface area contributed by atoms with Crippen LogP contribution in [0, 0.1) is 11.8 Å². The standard InChI is InChI=1S/C24H35N5O/c1-3-8-18(4-2)12-14-29-13-7-10-20(17-29)23(25)28-24(30)27-21-15-19-9-5-6-11-22(19)26-16-21/h5-6,9,11,15-16,18,20H,3-4,7-8,10,12-14,17H2,1-2H3,(H3,25,27,28,30)/t18?,20-/m0/s1. The number of para-hydroxylation sites is 1. The molecule has 0 saturated carbocycles. The number of nitrogens with zero attached hydrogens (tertiary/aromatic N) is 3. The second kappa shape index (κ2) is 11.1. The van der Waals surface area contributed by atoms with E-state index in [4.69, 9.17) is 5.73 Å². The van der Waals surface area contributed by atoms with Gasteiger partial charge in [0.05, 0.1) is 17.4 Å². The summed E-state index contributed by atoms with van der Waals surface area (Å²) in [5.41, 5.74) is 7.75. The predicted octanol–water partition coefficient (Wildman–Crippen LogP) is 5.05. The minimum absolute atomic E-state index is 0.144. The third-order valence-corrected chi connectivity index (χ3v) is 6.12. The Morgan fingerprint density at radius 2 is 2.17 bits per heavy atom. The quantitative estimate of drug-likeness (QED) is 0.472. The fourth-order valence-corrected chi connectivity index (χ4v) is 4.33. The van der Waals surface area contributed by atoms with E-state index in [2.05, 4.69) is 34.0 Å². The molecule has 30 heavy (non-hydrogen) atoms. The lowest BCUT2D eigenvalue weighted by Gasteiger charge is -2.33. The largest absolute Gasteiger partial charge is 0.387 e. The first-order valence-corrected chi connectivity index (χ1v) is 11.3. The van der Waals surface area contributed by atoms with Gasteiger partial charge >= 0.3 is 6.03 Å². The number of carbonyl (C=O) groups is 1. The first kappa shape index (κ1) is 22.2. The zero-order valence-corrected chi connectivity index (χ0v) is 18.3. The van der Waals surface area contributed by atoms with Crippen LogP contribution in [0.1, 0.15) is 52.4 Å². The van der Waals surface area contributed by atoms with E-state index in [1.165, 1.54) is 25.7 Å². The first-order chi connectivity index (χ1) is 14.6. The van der Waals surface area contributed by atoms with Crippen molar-refractivity contribution in [1.29, 1.82) is 0 Å². The van der Waals surface area contributed by atoms with Gasteiger partial charge < -0.3 is 16.0 Å². The molecule has 6 heteroatoms. The topological polar surface area (TPSA) is 83.6 Å². The number of pyridine rings is 1. The van der Waals surface area contributed by atoms with E-state index in [-0.39, 0.29) is 5.92 Å². The Hall–Kier alpha value is -2.47. The molecule has 3 rings (SSSR count). The van der Waals surface area contributed by atoms with Crippen LogP contribution in [-0.2, 0) is 0 Å². The number of amidine groups is 1. The van der Waals surface area contributed by atoms with E-state index in [0.29, 0.717) is 11.5 Å². The Kier molecular flexibility index (Phi) is 8.20.